The van der Waals surface area contributed by atoms with Crippen LogP contribution in [0.25, 0.3) is 0 Å². The molecule has 0 bridgehead atoms. The number of benzene rings is 2. The first-order chi connectivity index (χ1) is 13.4. The number of piperidine rings is 1. The van der Waals surface area contributed by atoms with Crippen LogP contribution in [-0.2, 0) is 4.79 Å². The van der Waals surface area contributed by atoms with Crippen molar-refractivity contribution in [3.05, 3.63) is 64.7 Å². The van der Waals surface area contributed by atoms with Crippen LogP contribution < -0.4 is 10.5 Å². The second kappa shape index (κ2) is 8.65. The number of nitrogens with zero attached hydrogens (tertiary/aromatic N) is 1. The van der Waals surface area contributed by atoms with E-state index in [1.54, 1.807) is 12.1 Å². The Bertz CT molecular complexity index is 870. The molecule has 1 aliphatic heterocycles. The Morgan fingerprint density at radius 2 is 2.00 bits per heavy atom. The van der Waals surface area contributed by atoms with E-state index in [2.05, 4.69) is 0 Å². The smallest absolute Gasteiger partial charge is 0.254 e. The van der Waals surface area contributed by atoms with Crippen LogP contribution in [0.5, 0.6) is 5.75 Å². The third-order valence-corrected chi connectivity index (χ3v) is 5.45. The summed E-state index contributed by atoms with van der Waals surface area (Å²) in [5.41, 5.74) is 6.66. The number of carbonyl (C=O) groups is 2. The van der Waals surface area contributed by atoms with Crippen LogP contribution in [0.2, 0.25) is 5.02 Å². The summed E-state index contributed by atoms with van der Waals surface area (Å²) in [6.07, 6.45) is 1.74. The molecular weight excluding hydrogens is 376 g/mol. The fourth-order valence-electron chi connectivity index (χ4n) is 3.84. The zero-order valence-electron chi connectivity index (χ0n) is 16.0. The predicted octanol–water partition coefficient (Wildman–Crippen LogP) is 3.83. The molecule has 2 N–H and O–H groups in total. The summed E-state index contributed by atoms with van der Waals surface area (Å²) in [6.45, 7) is 3.32. The fraction of sp³-hybridized carbons (Fsp3) is 0.364. The van der Waals surface area contributed by atoms with Crippen molar-refractivity contribution in [2.24, 2.45) is 11.1 Å². The van der Waals surface area contributed by atoms with Gasteiger partial charge in [-0.25, -0.2) is 0 Å². The topological polar surface area (TPSA) is 72.6 Å². The molecule has 1 atom stereocenters. The maximum Gasteiger partial charge on any atom is 0.254 e. The lowest BCUT2D eigenvalue weighted by Crippen LogP contribution is -2.50. The Hall–Kier alpha value is -2.53. The Morgan fingerprint density at radius 1 is 1.21 bits per heavy atom. The highest BCUT2D eigenvalue weighted by molar-refractivity contribution is 6.30. The maximum absolute atomic E-state index is 13.1. The van der Waals surface area contributed by atoms with Crippen molar-refractivity contribution in [2.75, 3.05) is 19.7 Å². The van der Waals surface area contributed by atoms with Gasteiger partial charge in [-0.3, -0.25) is 9.59 Å². The zero-order valence-corrected chi connectivity index (χ0v) is 16.7. The van der Waals surface area contributed by atoms with Gasteiger partial charge in [0.05, 0.1) is 6.61 Å². The highest BCUT2D eigenvalue weighted by atomic mass is 35.5. The largest absolute Gasteiger partial charge is 0.493 e. The van der Waals surface area contributed by atoms with Gasteiger partial charge in [0.1, 0.15) is 5.75 Å². The number of hydrogen-bond acceptors (Lipinski definition) is 3. The number of likely N-dealkylation sites (tertiary alicyclic amines) is 1. The fourth-order valence-corrected chi connectivity index (χ4v) is 4.02. The summed E-state index contributed by atoms with van der Waals surface area (Å²) in [7, 11) is 0. The molecule has 1 fully saturated rings. The van der Waals surface area contributed by atoms with E-state index >= 15 is 0 Å². The average molecular weight is 401 g/mol. The van der Waals surface area contributed by atoms with Crippen LogP contribution in [0.1, 0.15) is 35.2 Å². The lowest BCUT2D eigenvalue weighted by atomic mass is 9.77. The number of rotatable bonds is 6. The van der Waals surface area contributed by atoms with Gasteiger partial charge < -0.3 is 15.4 Å². The third-order valence-electron chi connectivity index (χ3n) is 5.21. The molecule has 0 aliphatic carbocycles. The normalized spacial score (nSPS) is 19.3. The van der Waals surface area contributed by atoms with E-state index in [-0.39, 0.29) is 18.2 Å². The number of ether oxygens (including phenoxy) is 1. The van der Waals surface area contributed by atoms with Crippen LogP contribution in [0, 0.1) is 12.3 Å². The molecule has 2 aromatic rings. The van der Waals surface area contributed by atoms with Crippen LogP contribution in [0.4, 0.5) is 0 Å². The Labute approximate surface area is 170 Å². The van der Waals surface area contributed by atoms with Crippen LogP contribution in [0.3, 0.4) is 0 Å². The lowest BCUT2D eigenvalue weighted by molar-refractivity contribution is -0.122. The number of aryl methyl sites for hydroxylation is 1. The van der Waals surface area contributed by atoms with Crippen molar-refractivity contribution >= 4 is 23.4 Å². The van der Waals surface area contributed by atoms with Gasteiger partial charge in [0.25, 0.3) is 5.91 Å². The van der Waals surface area contributed by atoms with Crippen LogP contribution in [-0.4, -0.2) is 36.4 Å². The number of halogens is 1. The molecule has 28 heavy (non-hydrogen) atoms. The van der Waals surface area contributed by atoms with Gasteiger partial charge in [-0.2, -0.15) is 0 Å². The van der Waals surface area contributed by atoms with Crippen molar-refractivity contribution < 1.29 is 14.3 Å². The number of primary amides is 1. The van der Waals surface area contributed by atoms with E-state index in [0.29, 0.717) is 36.0 Å². The van der Waals surface area contributed by atoms with Crippen LogP contribution in [0.15, 0.2) is 48.5 Å². The second-order valence-electron chi connectivity index (χ2n) is 7.53. The predicted molar refractivity (Wildman–Crippen MR) is 110 cm³/mol. The van der Waals surface area contributed by atoms with E-state index in [1.807, 2.05) is 48.2 Å². The summed E-state index contributed by atoms with van der Waals surface area (Å²) >= 11 is 6.03. The monoisotopic (exact) mass is 400 g/mol. The zero-order chi connectivity index (χ0) is 20.1. The van der Waals surface area contributed by atoms with Crippen molar-refractivity contribution in [3.8, 4) is 5.75 Å². The Kier molecular flexibility index (Phi) is 6.25. The molecule has 148 valence electrons. The minimum absolute atomic E-state index is 0.0191. The van der Waals surface area contributed by atoms with Crippen molar-refractivity contribution in [1.29, 1.82) is 0 Å². The van der Waals surface area contributed by atoms with Crippen LogP contribution >= 0.6 is 11.6 Å². The minimum Gasteiger partial charge on any atom is -0.493 e. The number of hydrogen-bond donors (Lipinski definition) is 1. The first kappa shape index (κ1) is 20.2. The Balaban J connectivity index is 1.79. The summed E-state index contributed by atoms with van der Waals surface area (Å²) < 4.78 is 5.96. The molecule has 6 heteroatoms. The van der Waals surface area contributed by atoms with E-state index in [0.717, 1.165) is 18.4 Å². The summed E-state index contributed by atoms with van der Waals surface area (Å²) in [4.78, 5) is 26.7. The van der Waals surface area contributed by atoms with Gasteiger partial charge in [0.2, 0.25) is 5.91 Å². The average Bonchev–Trinajstić information content (AvgIpc) is 2.66. The quantitative estimate of drug-likeness (QED) is 0.800. The highest BCUT2D eigenvalue weighted by Gasteiger charge is 2.39. The van der Waals surface area contributed by atoms with E-state index < -0.39 is 5.41 Å². The third kappa shape index (κ3) is 4.84. The summed E-state index contributed by atoms with van der Waals surface area (Å²) in [5, 5.41) is 0.585. The maximum atomic E-state index is 13.1. The first-order valence-electron chi connectivity index (χ1n) is 9.40. The van der Waals surface area contributed by atoms with Gasteiger partial charge in [-0.05, 0) is 49.6 Å². The van der Waals surface area contributed by atoms with Gasteiger partial charge >= 0.3 is 0 Å². The molecule has 0 radical (unpaired) electrons. The first-order valence-corrected chi connectivity index (χ1v) is 9.78. The summed E-state index contributed by atoms with van der Waals surface area (Å²) in [5.74, 6) is 0.230. The molecule has 0 saturated carbocycles. The van der Waals surface area contributed by atoms with Crippen molar-refractivity contribution in [2.45, 2.75) is 26.2 Å². The van der Waals surface area contributed by atoms with E-state index in [9.17, 15) is 9.59 Å². The number of amides is 2. The van der Waals surface area contributed by atoms with E-state index in [1.165, 1.54) is 0 Å². The number of nitrogens with two attached hydrogens (primary N) is 1. The Morgan fingerprint density at radius 3 is 2.71 bits per heavy atom. The molecule has 2 aromatic carbocycles. The standard InChI is InChI=1S/C22H25ClN2O3/c1-16-6-2-3-9-19(16)21(27)25-11-5-10-22(14-25,13-20(24)26)15-28-18-8-4-7-17(23)12-18/h2-4,6-9,12H,5,10-11,13-15H2,1H3,(H2,24,26)/t22-/m0/s1. The molecule has 5 nitrogen and oxygen atoms in total. The van der Waals surface area contributed by atoms with Crippen molar-refractivity contribution in [1.82, 2.24) is 4.90 Å². The molecular formula is C22H25ClN2O3. The molecule has 0 unspecified atom stereocenters. The molecule has 0 spiro atoms. The molecule has 3 rings (SSSR count). The van der Waals surface area contributed by atoms with Crippen molar-refractivity contribution in [3.63, 3.8) is 0 Å². The second-order valence-corrected chi connectivity index (χ2v) is 7.97. The van der Waals surface area contributed by atoms with Gasteiger partial charge in [0.15, 0.2) is 0 Å². The molecule has 0 aromatic heterocycles. The molecule has 1 saturated heterocycles. The van der Waals surface area contributed by atoms with Gasteiger partial charge in [-0.15, -0.1) is 0 Å². The minimum atomic E-state index is -0.509. The lowest BCUT2D eigenvalue weighted by Gasteiger charge is -2.42. The molecule has 1 heterocycles. The SMILES string of the molecule is Cc1ccccc1C(=O)N1CCC[C@](COc2cccc(Cl)c2)(CC(N)=O)C1. The molecule has 1 aliphatic rings. The number of carbonyl (C=O) groups excluding carboxylic acids is 2. The van der Waals surface area contributed by atoms with Gasteiger partial charge in [0, 0.05) is 35.5 Å². The van der Waals surface area contributed by atoms with Gasteiger partial charge in [-0.1, -0.05) is 35.9 Å². The summed E-state index contributed by atoms with van der Waals surface area (Å²) in [6, 6.07) is 14.7. The van der Waals surface area contributed by atoms with E-state index in [4.69, 9.17) is 22.1 Å². The molecule has 2 amide bonds. The highest BCUT2D eigenvalue weighted by Crippen LogP contribution is 2.35.